The molecule has 0 atom stereocenters. The number of pyridine rings is 1. The number of nitrogens with zero attached hydrogens (tertiary/aromatic N) is 3. The number of hydrogen-bond acceptors (Lipinski definition) is 2. The van der Waals surface area contributed by atoms with Gasteiger partial charge in [0.05, 0.1) is 0 Å². The molecular weight excluding hydrogens is 188 g/mol. The molecule has 66 valence electrons. The van der Waals surface area contributed by atoms with Gasteiger partial charge in [-0.15, -0.1) is 12.4 Å². The highest BCUT2D eigenvalue weighted by Crippen LogP contribution is 2.16. The molecule has 4 nitrogen and oxygen atoms in total. The summed E-state index contributed by atoms with van der Waals surface area (Å²) in [5.41, 5.74) is 0.897. The molecule has 3 aromatic rings. The van der Waals surface area contributed by atoms with Crippen LogP contribution in [0.5, 0.6) is 0 Å². The van der Waals surface area contributed by atoms with Gasteiger partial charge in [0.2, 0.25) is 0 Å². The van der Waals surface area contributed by atoms with E-state index in [9.17, 15) is 0 Å². The quantitative estimate of drug-likeness (QED) is 0.591. The van der Waals surface area contributed by atoms with E-state index in [2.05, 4.69) is 15.1 Å². The van der Waals surface area contributed by atoms with E-state index >= 15 is 0 Å². The SMILES string of the molecule is Cl.c1nc2c3c[nH]cc3ccn2n1. The van der Waals surface area contributed by atoms with Gasteiger partial charge in [0.15, 0.2) is 5.65 Å². The Balaban J connectivity index is 0.000000653. The number of nitrogens with one attached hydrogen (secondary N) is 1. The molecule has 0 amide bonds. The standard InChI is InChI=1S/C8H6N4.ClH/c1-2-12-8(10-5-11-12)7-4-9-3-6(1)7;/h1-5,9H;1H. The van der Waals surface area contributed by atoms with Crippen molar-refractivity contribution >= 4 is 28.8 Å². The van der Waals surface area contributed by atoms with Crippen molar-refractivity contribution in [1.82, 2.24) is 19.6 Å². The van der Waals surface area contributed by atoms with Gasteiger partial charge in [0.1, 0.15) is 6.33 Å². The summed E-state index contributed by atoms with van der Waals surface area (Å²) >= 11 is 0. The van der Waals surface area contributed by atoms with Crippen LogP contribution in [0.4, 0.5) is 0 Å². The summed E-state index contributed by atoms with van der Waals surface area (Å²) in [6.07, 6.45) is 7.34. The van der Waals surface area contributed by atoms with E-state index in [1.54, 1.807) is 10.8 Å². The lowest BCUT2D eigenvalue weighted by molar-refractivity contribution is 0.967. The number of hydrogen-bond donors (Lipinski definition) is 1. The summed E-state index contributed by atoms with van der Waals surface area (Å²) in [6, 6.07) is 2.01. The van der Waals surface area contributed by atoms with Crippen LogP contribution in [0.3, 0.4) is 0 Å². The van der Waals surface area contributed by atoms with Crippen LogP contribution in [-0.4, -0.2) is 19.6 Å². The predicted octanol–water partition coefficient (Wildman–Crippen LogP) is 1.63. The number of rotatable bonds is 0. The van der Waals surface area contributed by atoms with Crippen LogP contribution in [0.15, 0.2) is 31.0 Å². The van der Waals surface area contributed by atoms with E-state index in [4.69, 9.17) is 0 Å². The van der Waals surface area contributed by atoms with Gasteiger partial charge in [-0.2, -0.15) is 5.10 Å². The van der Waals surface area contributed by atoms with Gasteiger partial charge < -0.3 is 4.98 Å². The van der Waals surface area contributed by atoms with Crippen molar-refractivity contribution in [3.05, 3.63) is 31.0 Å². The predicted molar refractivity (Wildman–Crippen MR) is 52.1 cm³/mol. The van der Waals surface area contributed by atoms with E-state index in [0.29, 0.717) is 0 Å². The maximum absolute atomic E-state index is 4.15. The van der Waals surface area contributed by atoms with Crippen LogP contribution in [0.2, 0.25) is 0 Å². The lowest BCUT2D eigenvalue weighted by atomic mass is 10.3. The Morgan fingerprint density at radius 1 is 1.31 bits per heavy atom. The average molecular weight is 195 g/mol. The monoisotopic (exact) mass is 194 g/mol. The lowest BCUT2D eigenvalue weighted by Crippen LogP contribution is -1.84. The van der Waals surface area contributed by atoms with E-state index in [-0.39, 0.29) is 12.4 Å². The van der Waals surface area contributed by atoms with Crippen molar-refractivity contribution in [3.8, 4) is 0 Å². The average Bonchev–Trinajstić information content (AvgIpc) is 2.71. The minimum Gasteiger partial charge on any atom is -0.366 e. The molecule has 0 aliphatic rings. The third-order valence-electron chi connectivity index (χ3n) is 1.99. The second kappa shape index (κ2) is 2.74. The molecule has 0 fully saturated rings. The molecular formula is C8H7ClN4. The van der Waals surface area contributed by atoms with Crippen LogP contribution in [0.1, 0.15) is 0 Å². The van der Waals surface area contributed by atoms with E-state index in [1.165, 1.54) is 0 Å². The Labute approximate surface area is 80.0 Å². The Morgan fingerprint density at radius 2 is 2.23 bits per heavy atom. The van der Waals surface area contributed by atoms with Crippen molar-refractivity contribution in [2.75, 3.05) is 0 Å². The normalized spacial score (nSPS) is 10.5. The Bertz CT molecular complexity index is 489. The summed E-state index contributed by atoms with van der Waals surface area (Å²) < 4.78 is 1.76. The van der Waals surface area contributed by atoms with E-state index < -0.39 is 0 Å². The zero-order valence-electron chi connectivity index (χ0n) is 6.64. The first kappa shape index (κ1) is 8.07. The minimum absolute atomic E-state index is 0. The molecule has 0 bridgehead atoms. The second-order valence-electron chi connectivity index (χ2n) is 2.67. The zero-order valence-corrected chi connectivity index (χ0v) is 7.45. The number of halogens is 1. The molecule has 0 saturated carbocycles. The van der Waals surface area contributed by atoms with Crippen molar-refractivity contribution < 1.29 is 0 Å². The van der Waals surface area contributed by atoms with Crippen LogP contribution in [0.25, 0.3) is 16.4 Å². The first-order valence-electron chi connectivity index (χ1n) is 3.70. The fourth-order valence-electron chi connectivity index (χ4n) is 1.41. The van der Waals surface area contributed by atoms with Crippen LogP contribution >= 0.6 is 12.4 Å². The molecule has 0 spiro atoms. The fourth-order valence-corrected chi connectivity index (χ4v) is 1.41. The smallest absolute Gasteiger partial charge is 0.164 e. The first-order chi connectivity index (χ1) is 5.95. The molecule has 1 N–H and O–H groups in total. The summed E-state index contributed by atoms with van der Waals surface area (Å²) in [4.78, 5) is 7.19. The molecule has 0 aliphatic heterocycles. The topological polar surface area (TPSA) is 46.0 Å². The number of aromatic nitrogens is 4. The van der Waals surface area contributed by atoms with Gasteiger partial charge in [0, 0.05) is 29.4 Å². The first-order valence-corrected chi connectivity index (χ1v) is 3.70. The molecule has 3 aromatic heterocycles. The Kier molecular flexibility index (Phi) is 1.70. The van der Waals surface area contributed by atoms with Crippen LogP contribution in [-0.2, 0) is 0 Å². The number of H-pyrrole nitrogens is 1. The highest BCUT2D eigenvalue weighted by atomic mass is 35.5. The maximum Gasteiger partial charge on any atom is 0.164 e. The van der Waals surface area contributed by atoms with Gasteiger partial charge in [0.25, 0.3) is 0 Å². The van der Waals surface area contributed by atoms with E-state index in [1.807, 2.05) is 24.7 Å². The number of aromatic amines is 1. The fraction of sp³-hybridized carbons (Fsp3) is 0. The molecule has 0 unspecified atom stereocenters. The largest absolute Gasteiger partial charge is 0.366 e. The van der Waals surface area contributed by atoms with Gasteiger partial charge in [-0.3, -0.25) is 0 Å². The van der Waals surface area contributed by atoms with Gasteiger partial charge in [-0.25, -0.2) is 9.50 Å². The third kappa shape index (κ3) is 0.990. The van der Waals surface area contributed by atoms with Crippen molar-refractivity contribution in [3.63, 3.8) is 0 Å². The molecule has 13 heavy (non-hydrogen) atoms. The molecule has 0 saturated heterocycles. The van der Waals surface area contributed by atoms with Gasteiger partial charge >= 0.3 is 0 Å². The van der Waals surface area contributed by atoms with Crippen LogP contribution < -0.4 is 0 Å². The Morgan fingerprint density at radius 3 is 3.15 bits per heavy atom. The number of fused-ring (bicyclic) bond motifs is 3. The third-order valence-corrected chi connectivity index (χ3v) is 1.99. The van der Waals surface area contributed by atoms with Gasteiger partial charge in [-0.05, 0) is 6.07 Å². The minimum atomic E-state index is 0. The molecule has 0 radical (unpaired) electrons. The summed E-state index contributed by atoms with van der Waals surface area (Å²) in [5.74, 6) is 0. The van der Waals surface area contributed by atoms with Crippen molar-refractivity contribution in [2.24, 2.45) is 0 Å². The molecule has 3 heterocycles. The van der Waals surface area contributed by atoms with Crippen molar-refractivity contribution in [1.29, 1.82) is 0 Å². The molecule has 3 rings (SSSR count). The highest BCUT2D eigenvalue weighted by Gasteiger charge is 2.01. The second-order valence-corrected chi connectivity index (χ2v) is 2.67. The lowest BCUT2D eigenvalue weighted by Gasteiger charge is -1.91. The molecule has 0 aromatic carbocycles. The molecule has 5 heteroatoms. The highest BCUT2D eigenvalue weighted by molar-refractivity contribution is 5.93. The zero-order chi connectivity index (χ0) is 7.97. The van der Waals surface area contributed by atoms with Gasteiger partial charge in [-0.1, -0.05) is 0 Å². The summed E-state index contributed by atoms with van der Waals surface area (Å²) in [5, 5.41) is 6.31. The summed E-state index contributed by atoms with van der Waals surface area (Å²) in [7, 11) is 0. The Hall–Kier alpha value is -1.55. The maximum atomic E-state index is 4.15. The van der Waals surface area contributed by atoms with E-state index in [0.717, 1.165) is 16.4 Å². The van der Waals surface area contributed by atoms with Crippen LogP contribution in [0, 0.1) is 0 Å². The molecule has 0 aliphatic carbocycles. The summed E-state index contributed by atoms with van der Waals surface area (Å²) in [6.45, 7) is 0. The van der Waals surface area contributed by atoms with Crippen molar-refractivity contribution in [2.45, 2.75) is 0 Å².